The van der Waals surface area contributed by atoms with Gasteiger partial charge in [0.05, 0.1) is 17.2 Å². The smallest absolute Gasteiger partial charge is 0.343 e. The minimum Gasteiger partial charge on any atom is -0.420 e. The Bertz CT molecular complexity index is 1140. The molecular weight excluding hydrogens is 453 g/mol. The van der Waals surface area contributed by atoms with Crippen molar-refractivity contribution in [1.29, 1.82) is 5.26 Å². The predicted molar refractivity (Wildman–Crippen MR) is 139 cm³/mol. The quantitative estimate of drug-likeness (QED) is 0.131. The lowest BCUT2D eigenvalue weighted by Crippen LogP contribution is -2.09. The Labute approximate surface area is 213 Å². The third kappa shape index (κ3) is 8.57. The van der Waals surface area contributed by atoms with Gasteiger partial charge in [0.1, 0.15) is 0 Å². The van der Waals surface area contributed by atoms with Gasteiger partial charge in [0.25, 0.3) is 0 Å². The van der Waals surface area contributed by atoms with Crippen LogP contribution in [0.1, 0.15) is 92.6 Å². The third-order valence-corrected chi connectivity index (χ3v) is 6.17. The van der Waals surface area contributed by atoms with Crippen LogP contribution in [0.3, 0.4) is 0 Å². The average Bonchev–Trinajstić information content (AvgIpc) is 2.91. The van der Waals surface area contributed by atoms with Crippen LogP contribution in [-0.4, -0.2) is 15.9 Å². The molecule has 0 aliphatic heterocycles. The van der Waals surface area contributed by atoms with Crippen LogP contribution in [0.5, 0.6) is 5.75 Å². The van der Waals surface area contributed by atoms with Crippen LogP contribution in [0.4, 0.5) is 4.39 Å². The van der Waals surface area contributed by atoms with Gasteiger partial charge in [-0.2, -0.15) is 5.26 Å². The third-order valence-electron chi connectivity index (χ3n) is 6.17. The second-order valence-corrected chi connectivity index (χ2v) is 9.07. The minimum atomic E-state index is -0.759. The molecule has 0 N–H and O–H groups in total. The molecule has 0 saturated heterocycles. The van der Waals surface area contributed by atoms with Crippen molar-refractivity contribution < 1.29 is 13.9 Å². The fourth-order valence-corrected chi connectivity index (χ4v) is 4.02. The van der Waals surface area contributed by atoms with E-state index in [2.05, 4.69) is 16.9 Å². The lowest BCUT2D eigenvalue weighted by molar-refractivity contribution is 0.0728. The van der Waals surface area contributed by atoms with Crippen LogP contribution in [0, 0.1) is 17.1 Å². The molecule has 5 nitrogen and oxygen atoms in total. The highest BCUT2D eigenvalue weighted by atomic mass is 19.1. The maximum absolute atomic E-state index is 14.0. The van der Waals surface area contributed by atoms with E-state index in [1.807, 2.05) is 18.5 Å². The molecule has 0 aliphatic carbocycles. The highest BCUT2D eigenvalue weighted by Crippen LogP contribution is 2.21. The molecule has 0 bridgehead atoms. The van der Waals surface area contributed by atoms with E-state index in [4.69, 9.17) is 10.00 Å². The summed E-state index contributed by atoms with van der Waals surface area (Å²) in [7, 11) is 0. The fraction of sp³-hybridized carbons (Fsp3) is 0.400. The zero-order valence-electron chi connectivity index (χ0n) is 21.0. The van der Waals surface area contributed by atoms with Crippen LogP contribution < -0.4 is 4.74 Å². The highest BCUT2D eigenvalue weighted by Gasteiger charge is 2.13. The standard InChI is InChI=1S/C30H34FN3O2/c1-2-3-4-5-6-7-8-9-10-11-12-24-21-33-29(34-22-24)25-14-16-26(17-15-25)30(35)36-28-18-13-23(20-32)19-27(28)31/h13-19,21-22H,2-12H2,1H3. The van der Waals surface area contributed by atoms with Gasteiger partial charge in [-0.3, -0.25) is 0 Å². The van der Waals surface area contributed by atoms with Gasteiger partial charge in [-0.1, -0.05) is 76.8 Å². The lowest BCUT2D eigenvalue weighted by atomic mass is 10.0. The second kappa shape index (κ2) is 14.7. The van der Waals surface area contributed by atoms with Crippen molar-refractivity contribution in [2.24, 2.45) is 0 Å². The Morgan fingerprint density at radius 2 is 1.50 bits per heavy atom. The van der Waals surface area contributed by atoms with Gasteiger partial charge in [0.15, 0.2) is 17.4 Å². The molecule has 0 saturated carbocycles. The minimum absolute atomic E-state index is 0.158. The molecule has 188 valence electrons. The lowest BCUT2D eigenvalue weighted by Gasteiger charge is -2.07. The summed E-state index contributed by atoms with van der Waals surface area (Å²) in [6.07, 6.45) is 17.9. The number of carbonyl (C=O) groups is 1. The van der Waals surface area contributed by atoms with Gasteiger partial charge in [0.2, 0.25) is 0 Å². The molecule has 1 heterocycles. The summed E-state index contributed by atoms with van der Waals surface area (Å²) in [5.41, 5.74) is 2.34. The van der Waals surface area contributed by atoms with Gasteiger partial charge in [-0.25, -0.2) is 19.2 Å². The van der Waals surface area contributed by atoms with E-state index in [9.17, 15) is 9.18 Å². The van der Waals surface area contributed by atoms with Crippen molar-refractivity contribution in [1.82, 2.24) is 9.97 Å². The number of aromatic nitrogens is 2. The van der Waals surface area contributed by atoms with E-state index in [0.717, 1.165) is 30.0 Å². The number of halogens is 1. The first-order valence-electron chi connectivity index (χ1n) is 12.9. The first-order valence-corrected chi connectivity index (χ1v) is 12.9. The Balaban J connectivity index is 1.42. The molecule has 0 aliphatic rings. The van der Waals surface area contributed by atoms with Crippen molar-refractivity contribution in [3.05, 3.63) is 77.4 Å². The fourth-order valence-electron chi connectivity index (χ4n) is 4.02. The predicted octanol–water partition coefficient (Wildman–Crippen LogP) is 7.84. The molecule has 1 aromatic heterocycles. The molecule has 3 aromatic rings. The summed E-state index contributed by atoms with van der Waals surface area (Å²) in [6.45, 7) is 2.25. The van der Waals surface area contributed by atoms with Crippen molar-refractivity contribution in [2.75, 3.05) is 0 Å². The van der Waals surface area contributed by atoms with Crippen LogP contribution in [-0.2, 0) is 6.42 Å². The summed E-state index contributed by atoms with van der Waals surface area (Å²) in [5.74, 6) is -1.08. The molecule has 36 heavy (non-hydrogen) atoms. The largest absolute Gasteiger partial charge is 0.420 e. The van der Waals surface area contributed by atoms with E-state index in [0.29, 0.717) is 5.82 Å². The van der Waals surface area contributed by atoms with Crippen molar-refractivity contribution >= 4 is 5.97 Å². The summed E-state index contributed by atoms with van der Waals surface area (Å²) in [4.78, 5) is 21.3. The van der Waals surface area contributed by atoms with Crippen LogP contribution in [0.25, 0.3) is 11.4 Å². The molecule has 6 heteroatoms. The maximum Gasteiger partial charge on any atom is 0.343 e. The average molecular weight is 488 g/mol. The van der Waals surface area contributed by atoms with E-state index < -0.39 is 11.8 Å². The Morgan fingerprint density at radius 3 is 2.08 bits per heavy atom. The first-order chi connectivity index (χ1) is 17.6. The molecular formula is C30H34FN3O2. The van der Waals surface area contributed by atoms with Crippen LogP contribution in [0.15, 0.2) is 54.9 Å². The number of carbonyl (C=O) groups excluding carboxylic acids is 1. The SMILES string of the molecule is CCCCCCCCCCCCc1cnc(-c2ccc(C(=O)Oc3ccc(C#N)cc3F)cc2)nc1. The number of hydrogen-bond donors (Lipinski definition) is 0. The number of rotatable bonds is 14. The normalized spacial score (nSPS) is 10.7. The highest BCUT2D eigenvalue weighted by molar-refractivity contribution is 5.91. The number of aryl methyl sites for hydroxylation is 1. The Kier molecular flexibility index (Phi) is 11.0. The number of nitrogens with zero attached hydrogens (tertiary/aromatic N) is 3. The molecule has 0 unspecified atom stereocenters. The second-order valence-electron chi connectivity index (χ2n) is 9.07. The monoisotopic (exact) mass is 487 g/mol. The zero-order chi connectivity index (χ0) is 25.6. The van der Waals surface area contributed by atoms with Crippen LogP contribution >= 0.6 is 0 Å². The molecule has 0 spiro atoms. The molecule has 0 amide bonds. The van der Waals surface area contributed by atoms with Gasteiger partial charge in [-0.05, 0) is 48.7 Å². The first kappa shape index (κ1) is 27.0. The summed E-state index contributed by atoms with van der Waals surface area (Å²) < 4.78 is 19.1. The number of unbranched alkanes of at least 4 members (excludes halogenated alkanes) is 9. The number of esters is 1. The number of ether oxygens (including phenoxy) is 1. The van der Waals surface area contributed by atoms with Gasteiger partial charge >= 0.3 is 5.97 Å². The molecule has 3 rings (SSSR count). The summed E-state index contributed by atoms with van der Waals surface area (Å²) >= 11 is 0. The van der Waals surface area contributed by atoms with Crippen molar-refractivity contribution in [3.8, 4) is 23.2 Å². The zero-order valence-corrected chi connectivity index (χ0v) is 21.0. The maximum atomic E-state index is 14.0. The van der Waals surface area contributed by atoms with Crippen LogP contribution in [0.2, 0.25) is 0 Å². The topological polar surface area (TPSA) is 75.9 Å². The van der Waals surface area contributed by atoms with Gasteiger partial charge in [0, 0.05) is 18.0 Å². The van der Waals surface area contributed by atoms with E-state index in [-0.39, 0.29) is 16.9 Å². The number of benzene rings is 2. The van der Waals surface area contributed by atoms with E-state index >= 15 is 0 Å². The molecule has 0 fully saturated rings. The number of nitriles is 1. The Morgan fingerprint density at radius 1 is 0.889 bits per heavy atom. The van der Waals surface area contributed by atoms with Gasteiger partial charge < -0.3 is 4.74 Å². The molecule has 2 aromatic carbocycles. The van der Waals surface area contributed by atoms with Gasteiger partial charge in [-0.15, -0.1) is 0 Å². The molecule has 0 atom stereocenters. The summed E-state index contributed by atoms with van der Waals surface area (Å²) in [6, 6.07) is 12.2. The van der Waals surface area contributed by atoms with E-state index in [1.165, 1.54) is 69.9 Å². The van der Waals surface area contributed by atoms with E-state index in [1.54, 1.807) is 24.3 Å². The van der Waals surface area contributed by atoms with Crippen molar-refractivity contribution in [2.45, 2.75) is 77.6 Å². The molecule has 0 radical (unpaired) electrons. The number of hydrogen-bond acceptors (Lipinski definition) is 5. The Hall–Kier alpha value is -3.59. The van der Waals surface area contributed by atoms with Crippen molar-refractivity contribution in [3.63, 3.8) is 0 Å². The summed E-state index contributed by atoms with van der Waals surface area (Å²) in [5, 5.41) is 8.81.